The minimum atomic E-state index is -0.620. The summed E-state index contributed by atoms with van der Waals surface area (Å²) in [5, 5.41) is 5.37. The molecule has 37 heavy (non-hydrogen) atoms. The highest BCUT2D eigenvalue weighted by Gasteiger charge is 2.32. The summed E-state index contributed by atoms with van der Waals surface area (Å²) in [7, 11) is 0. The number of halogens is 1. The molecule has 12 heteroatoms. The van der Waals surface area contributed by atoms with E-state index in [4.69, 9.17) is 4.74 Å². The van der Waals surface area contributed by atoms with Crippen LogP contribution in [-0.2, 0) is 9.53 Å². The molecule has 192 valence electrons. The van der Waals surface area contributed by atoms with E-state index in [2.05, 4.69) is 20.6 Å². The van der Waals surface area contributed by atoms with Gasteiger partial charge in [0, 0.05) is 18.8 Å². The molecule has 1 fully saturated rings. The molecule has 2 aromatic heterocycles. The molecule has 10 nitrogen and oxygen atoms in total. The lowest BCUT2D eigenvalue weighted by atomic mass is 10.2. The van der Waals surface area contributed by atoms with Crippen LogP contribution in [0.25, 0.3) is 15.9 Å². The Morgan fingerprint density at radius 2 is 2.00 bits per heavy atom. The van der Waals surface area contributed by atoms with E-state index in [0.717, 1.165) is 10.2 Å². The molecule has 3 heterocycles. The van der Waals surface area contributed by atoms with Gasteiger partial charge in [-0.05, 0) is 36.4 Å². The summed E-state index contributed by atoms with van der Waals surface area (Å²) >= 11 is 1.47. The third-order valence-corrected chi connectivity index (χ3v) is 6.17. The normalized spacial score (nSPS) is 14.6. The van der Waals surface area contributed by atoms with Gasteiger partial charge in [0.2, 0.25) is 5.91 Å². The highest BCUT2D eigenvalue weighted by atomic mass is 32.1. The Kier molecular flexibility index (Phi) is 7.77. The summed E-state index contributed by atoms with van der Waals surface area (Å²) in [5.74, 6) is -1.28. The van der Waals surface area contributed by atoms with Crippen LogP contribution in [0.5, 0.6) is 0 Å². The fraction of sp³-hybridized carbons (Fsp3) is 0.240. The Balaban J connectivity index is 0.00000156. The van der Waals surface area contributed by atoms with Crippen LogP contribution in [0.15, 0.2) is 54.4 Å². The van der Waals surface area contributed by atoms with Crippen LogP contribution >= 0.6 is 11.3 Å². The Labute approximate surface area is 216 Å². The number of rotatable bonds is 6. The van der Waals surface area contributed by atoms with Gasteiger partial charge < -0.3 is 19.9 Å². The van der Waals surface area contributed by atoms with Crippen molar-refractivity contribution in [3.63, 3.8) is 0 Å². The Bertz CT molecular complexity index is 1450. The first kappa shape index (κ1) is 25.8. The van der Waals surface area contributed by atoms with Crippen LogP contribution in [0, 0.1) is 5.82 Å². The number of fused-ring (bicyclic) bond motifs is 1. The van der Waals surface area contributed by atoms with E-state index in [-0.39, 0.29) is 30.4 Å². The monoisotopic (exact) mass is 524 g/mol. The quantitative estimate of drug-likeness (QED) is 0.387. The van der Waals surface area contributed by atoms with Crippen LogP contribution in [-0.4, -0.2) is 51.6 Å². The van der Waals surface area contributed by atoms with Crippen LogP contribution in [0.3, 0.4) is 0 Å². The molecule has 1 aliphatic rings. The third-order valence-electron chi connectivity index (χ3n) is 5.38. The summed E-state index contributed by atoms with van der Waals surface area (Å²) in [4.78, 5) is 45.5. The number of hydrogen-bond acceptors (Lipinski definition) is 7. The number of nitrogens with one attached hydrogen (secondary N) is 2. The first-order chi connectivity index (χ1) is 17.9. The van der Waals surface area contributed by atoms with E-state index in [1.54, 1.807) is 17.6 Å². The molecule has 5 rings (SSSR count). The lowest BCUT2D eigenvalue weighted by molar-refractivity contribution is -0.119. The summed E-state index contributed by atoms with van der Waals surface area (Å²) < 4.78 is 22.5. The average molecular weight is 525 g/mol. The molecular formula is C25H25FN6O4S. The number of carbonyl (C=O) groups is 3. The van der Waals surface area contributed by atoms with Crippen LogP contribution in [0.1, 0.15) is 31.3 Å². The molecule has 2 N–H and O–H groups in total. The van der Waals surface area contributed by atoms with Gasteiger partial charge >= 0.3 is 6.09 Å². The summed E-state index contributed by atoms with van der Waals surface area (Å²) in [5.41, 5.74) is 3.77. The maximum absolute atomic E-state index is 15.0. The first-order valence-corrected chi connectivity index (χ1v) is 12.5. The number of imidazole rings is 1. The number of carbonyl (C=O) groups excluding carboxylic acids is 3. The fourth-order valence-corrected chi connectivity index (χ4v) is 4.39. The molecule has 1 saturated heterocycles. The molecule has 0 bridgehead atoms. The van der Waals surface area contributed by atoms with Crippen molar-refractivity contribution in [1.29, 1.82) is 0 Å². The van der Waals surface area contributed by atoms with E-state index in [1.165, 1.54) is 52.4 Å². The van der Waals surface area contributed by atoms with E-state index < -0.39 is 23.9 Å². The molecule has 1 aliphatic heterocycles. The van der Waals surface area contributed by atoms with Gasteiger partial charge in [0.15, 0.2) is 0 Å². The van der Waals surface area contributed by atoms with E-state index in [1.807, 2.05) is 26.0 Å². The zero-order valence-corrected chi connectivity index (χ0v) is 21.2. The second-order valence-electron chi connectivity index (χ2n) is 7.84. The maximum Gasteiger partial charge on any atom is 0.414 e. The third kappa shape index (κ3) is 5.75. The average Bonchev–Trinajstić information content (AvgIpc) is 3.63. The molecule has 4 aromatic rings. The van der Waals surface area contributed by atoms with E-state index in [9.17, 15) is 18.8 Å². The Hall–Kier alpha value is -4.32. The number of anilines is 2. The lowest BCUT2D eigenvalue weighted by Crippen LogP contribution is -2.33. The van der Waals surface area contributed by atoms with Crippen LogP contribution in [0.2, 0.25) is 0 Å². The number of cyclic esters (lactones) is 1. The van der Waals surface area contributed by atoms with Crippen molar-refractivity contribution >= 4 is 50.8 Å². The molecular weight excluding hydrogens is 499 g/mol. The predicted molar refractivity (Wildman–Crippen MR) is 139 cm³/mol. The number of benzene rings is 2. The van der Waals surface area contributed by atoms with Crippen LogP contribution < -0.4 is 15.5 Å². The second-order valence-corrected chi connectivity index (χ2v) is 8.73. The van der Waals surface area contributed by atoms with Crippen molar-refractivity contribution in [2.75, 3.05) is 23.3 Å². The number of aromatic nitrogens is 3. The summed E-state index contributed by atoms with van der Waals surface area (Å²) in [6.45, 7) is 5.73. The van der Waals surface area contributed by atoms with E-state index >= 15 is 0 Å². The minimum absolute atomic E-state index is 0.113. The second kappa shape index (κ2) is 11.2. The smallest absolute Gasteiger partial charge is 0.414 e. The van der Waals surface area contributed by atoms with Gasteiger partial charge in [-0.15, -0.1) is 11.3 Å². The zero-order valence-electron chi connectivity index (χ0n) is 20.4. The molecule has 3 amide bonds. The largest absolute Gasteiger partial charge is 0.442 e. The molecule has 0 spiro atoms. The zero-order chi connectivity index (χ0) is 26.5. The molecule has 1 unspecified atom stereocenters. The highest BCUT2D eigenvalue weighted by Crippen LogP contribution is 2.26. The lowest BCUT2D eigenvalue weighted by Gasteiger charge is -2.14. The van der Waals surface area contributed by atoms with Gasteiger partial charge in [-0.1, -0.05) is 13.8 Å². The summed E-state index contributed by atoms with van der Waals surface area (Å²) in [6, 6.07) is 9.66. The Morgan fingerprint density at radius 1 is 1.19 bits per heavy atom. The number of hydrogen-bond donors (Lipinski definition) is 2. The van der Waals surface area contributed by atoms with Crippen molar-refractivity contribution in [2.45, 2.75) is 26.9 Å². The van der Waals surface area contributed by atoms with E-state index in [0.29, 0.717) is 11.4 Å². The van der Waals surface area contributed by atoms with Crippen molar-refractivity contribution in [2.24, 2.45) is 0 Å². The minimum Gasteiger partial charge on any atom is -0.442 e. The van der Waals surface area contributed by atoms with Gasteiger partial charge in [0.05, 0.1) is 40.2 Å². The van der Waals surface area contributed by atoms with Crippen LogP contribution in [0.4, 0.5) is 20.6 Å². The highest BCUT2D eigenvalue weighted by molar-refractivity contribution is 7.16. The van der Waals surface area contributed by atoms with Gasteiger partial charge in [-0.25, -0.2) is 19.2 Å². The van der Waals surface area contributed by atoms with Gasteiger partial charge in [-0.3, -0.25) is 14.5 Å². The van der Waals surface area contributed by atoms with Crippen molar-refractivity contribution < 1.29 is 23.5 Å². The number of amides is 3. The molecule has 0 radical (unpaired) electrons. The van der Waals surface area contributed by atoms with Gasteiger partial charge in [0.25, 0.3) is 5.91 Å². The topological polar surface area (TPSA) is 118 Å². The molecule has 2 aromatic carbocycles. The Morgan fingerprint density at radius 3 is 2.76 bits per heavy atom. The number of nitrogens with zero attached hydrogens (tertiary/aromatic N) is 4. The summed E-state index contributed by atoms with van der Waals surface area (Å²) in [6.07, 6.45) is 1.62. The van der Waals surface area contributed by atoms with Crippen molar-refractivity contribution in [3.8, 4) is 5.69 Å². The SMILES string of the molecule is CC.CC(=O)NCC1CN(c2ccc(-n3cnc(C(=O)Nc4ccc5ncsc5c4)c3)c(F)c2)C(=O)O1. The van der Waals surface area contributed by atoms with Crippen molar-refractivity contribution in [1.82, 2.24) is 19.9 Å². The maximum atomic E-state index is 15.0. The first-order valence-electron chi connectivity index (χ1n) is 11.6. The fourth-order valence-electron chi connectivity index (χ4n) is 3.67. The molecule has 1 atom stereocenters. The van der Waals surface area contributed by atoms with Gasteiger partial charge in [0.1, 0.15) is 23.9 Å². The number of ether oxygens (including phenoxy) is 1. The van der Waals surface area contributed by atoms with Gasteiger partial charge in [-0.2, -0.15) is 0 Å². The number of thiazole rings is 1. The van der Waals surface area contributed by atoms with Crippen molar-refractivity contribution in [3.05, 3.63) is 65.9 Å². The molecule has 0 aliphatic carbocycles. The molecule has 0 saturated carbocycles. The predicted octanol–water partition coefficient (Wildman–Crippen LogP) is 4.36. The standard InChI is InChI=1S/C23H19FN6O4S.C2H6/c1-13(31)25-8-16-9-30(23(33)34-16)15-3-5-20(17(24)7-15)29-10-19(26-11-29)22(32)28-14-2-4-18-21(6-14)35-12-27-18;1-2/h2-7,10-12,16H,8-9H2,1H3,(H,25,31)(H,28,32);1-2H3.